The van der Waals surface area contributed by atoms with Crippen LogP contribution in [0.15, 0.2) is 66.7 Å². The zero-order valence-electron chi connectivity index (χ0n) is 23.3. The minimum atomic E-state index is -0.0763. The molecule has 2 amide bonds. The molecule has 210 valence electrons. The lowest BCUT2D eigenvalue weighted by atomic mass is 9.91. The Morgan fingerprint density at radius 2 is 1.68 bits per heavy atom. The maximum atomic E-state index is 13.7. The number of nitrogens with zero attached hydrogens (tertiary/aromatic N) is 3. The summed E-state index contributed by atoms with van der Waals surface area (Å²) < 4.78 is 6.17. The molecule has 3 aromatic rings. The van der Waals surface area contributed by atoms with Gasteiger partial charge in [-0.3, -0.25) is 14.5 Å². The molecule has 0 saturated heterocycles. The van der Waals surface area contributed by atoms with E-state index in [0.29, 0.717) is 24.7 Å². The van der Waals surface area contributed by atoms with E-state index in [1.165, 1.54) is 23.1 Å². The van der Waals surface area contributed by atoms with E-state index in [4.69, 9.17) is 16.3 Å². The van der Waals surface area contributed by atoms with Gasteiger partial charge in [-0.1, -0.05) is 54.1 Å². The highest BCUT2D eigenvalue weighted by Crippen LogP contribution is 2.30. The molecule has 0 saturated carbocycles. The van der Waals surface area contributed by atoms with Crippen molar-refractivity contribution in [3.05, 3.63) is 94.0 Å². The standard InChI is InChI=1S/C33H38ClN3O3/c1-25(38)37-18-8-17-35(22-26-9-3-2-4-10-26)19-20-36(23-28-21-29(34)15-16-31(28)37)33(39)24-40-32-14-7-12-27-11-5-6-13-30(27)32/h2-4,7,9-10,12,14-16,21H,5-6,8,11,13,17-20,22-24H2,1H3. The summed E-state index contributed by atoms with van der Waals surface area (Å²) in [4.78, 5) is 32.5. The van der Waals surface area contributed by atoms with Crippen LogP contribution in [-0.2, 0) is 35.5 Å². The van der Waals surface area contributed by atoms with E-state index in [0.717, 1.165) is 62.3 Å². The van der Waals surface area contributed by atoms with E-state index in [1.54, 1.807) is 6.92 Å². The first-order valence-electron chi connectivity index (χ1n) is 14.3. The highest BCUT2D eigenvalue weighted by Gasteiger charge is 2.24. The number of ether oxygens (including phenoxy) is 1. The van der Waals surface area contributed by atoms with Gasteiger partial charge in [-0.2, -0.15) is 0 Å². The van der Waals surface area contributed by atoms with Crippen LogP contribution in [0.4, 0.5) is 5.69 Å². The number of aryl methyl sites for hydroxylation is 1. The van der Waals surface area contributed by atoms with E-state index in [9.17, 15) is 9.59 Å². The highest BCUT2D eigenvalue weighted by molar-refractivity contribution is 6.30. The van der Waals surface area contributed by atoms with Gasteiger partial charge in [-0.15, -0.1) is 0 Å². The molecular weight excluding hydrogens is 522 g/mol. The van der Waals surface area contributed by atoms with E-state index in [1.807, 2.05) is 46.2 Å². The molecule has 1 aliphatic heterocycles. The van der Waals surface area contributed by atoms with Gasteiger partial charge in [-0.05, 0) is 78.6 Å². The maximum Gasteiger partial charge on any atom is 0.260 e. The molecule has 1 heterocycles. The number of carbonyl (C=O) groups is 2. The Bertz CT molecular complexity index is 1330. The van der Waals surface area contributed by atoms with Gasteiger partial charge < -0.3 is 14.5 Å². The Kier molecular flexibility index (Phi) is 9.40. The second-order valence-corrected chi connectivity index (χ2v) is 11.2. The molecule has 1 aliphatic carbocycles. The quantitative estimate of drug-likeness (QED) is 0.391. The van der Waals surface area contributed by atoms with Gasteiger partial charge in [0, 0.05) is 56.9 Å². The van der Waals surface area contributed by atoms with Gasteiger partial charge in [0.1, 0.15) is 5.75 Å². The summed E-state index contributed by atoms with van der Waals surface area (Å²) in [5.41, 5.74) is 5.47. The molecule has 6 nitrogen and oxygen atoms in total. The number of anilines is 1. The fraction of sp³-hybridized carbons (Fsp3) is 0.394. The molecule has 3 aromatic carbocycles. The predicted octanol–water partition coefficient (Wildman–Crippen LogP) is 5.89. The number of amides is 2. The van der Waals surface area contributed by atoms with Crippen LogP contribution in [0.25, 0.3) is 0 Å². The second kappa shape index (κ2) is 13.3. The highest BCUT2D eigenvalue weighted by atomic mass is 35.5. The van der Waals surface area contributed by atoms with E-state index in [-0.39, 0.29) is 18.4 Å². The van der Waals surface area contributed by atoms with Crippen molar-refractivity contribution in [3.63, 3.8) is 0 Å². The van der Waals surface area contributed by atoms with E-state index in [2.05, 4.69) is 35.2 Å². The Morgan fingerprint density at radius 1 is 0.850 bits per heavy atom. The topological polar surface area (TPSA) is 53.1 Å². The lowest BCUT2D eigenvalue weighted by Crippen LogP contribution is -2.40. The number of carbonyl (C=O) groups excluding carboxylic acids is 2. The molecule has 0 spiro atoms. The maximum absolute atomic E-state index is 13.7. The van der Waals surface area contributed by atoms with Crippen LogP contribution in [0.2, 0.25) is 5.02 Å². The average Bonchev–Trinajstić information content (AvgIpc) is 2.99. The first-order valence-corrected chi connectivity index (χ1v) is 14.7. The number of halogens is 1. The van der Waals surface area contributed by atoms with Gasteiger partial charge in [0.15, 0.2) is 6.61 Å². The van der Waals surface area contributed by atoms with Gasteiger partial charge in [0.05, 0.1) is 0 Å². The number of benzene rings is 3. The third-order valence-electron chi connectivity index (χ3n) is 7.92. The molecule has 0 aromatic heterocycles. The van der Waals surface area contributed by atoms with Gasteiger partial charge in [-0.25, -0.2) is 0 Å². The molecule has 5 rings (SSSR count). The van der Waals surface area contributed by atoms with Crippen molar-refractivity contribution in [1.82, 2.24) is 9.80 Å². The third kappa shape index (κ3) is 7.04. The van der Waals surface area contributed by atoms with Crippen molar-refractivity contribution in [2.75, 3.05) is 37.7 Å². The fourth-order valence-corrected chi connectivity index (χ4v) is 6.02. The molecular formula is C33H38ClN3O3. The molecule has 0 unspecified atom stereocenters. The fourth-order valence-electron chi connectivity index (χ4n) is 5.83. The first kappa shape index (κ1) is 28.2. The monoisotopic (exact) mass is 559 g/mol. The van der Waals surface area contributed by atoms with Crippen LogP contribution in [0, 0.1) is 0 Å². The summed E-state index contributed by atoms with van der Waals surface area (Å²) >= 11 is 6.41. The van der Waals surface area contributed by atoms with Crippen molar-refractivity contribution < 1.29 is 14.3 Å². The molecule has 2 aliphatic rings. The Morgan fingerprint density at radius 3 is 2.50 bits per heavy atom. The Balaban J connectivity index is 1.39. The van der Waals surface area contributed by atoms with Crippen molar-refractivity contribution in [1.29, 1.82) is 0 Å². The zero-order valence-corrected chi connectivity index (χ0v) is 24.0. The Labute approximate surface area is 242 Å². The van der Waals surface area contributed by atoms with Crippen LogP contribution in [0.3, 0.4) is 0 Å². The summed E-state index contributed by atoms with van der Waals surface area (Å²) in [6.07, 6.45) is 5.22. The molecule has 0 atom stereocenters. The van der Waals surface area contributed by atoms with Crippen molar-refractivity contribution in [2.24, 2.45) is 0 Å². The van der Waals surface area contributed by atoms with Crippen molar-refractivity contribution >= 4 is 29.1 Å². The summed E-state index contributed by atoms with van der Waals surface area (Å²) in [5.74, 6) is 0.723. The van der Waals surface area contributed by atoms with Crippen molar-refractivity contribution in [3.8, 4) is 5.75 Å². The average molecular weight is 560 g/mol. The molecule has 7 heteroatoms. The summed E-state index contributed by atoms with van der Waals surface area (Å²) in [7, 11) is 0. The normalized spacial score (nSPS) is 16.4. The van der Waals surface area contributed by atoms with E-state index >= 15 is 0 Å². The summed E-state index contributed by atoms with van der Waals surface area (Å²) in [6, 6.07) is 22.1. The lowest BCUT2D eigenvalue weighted by Gasteiger charge is -2.28. The zero-order chi connectivity index (χ0) is 27.9. The van der Waals surface area contributed by atoms with E-state index < -0.39 is 0 Å². The Hall–Kier alpha value is -3.35. The van der Waals surface area contributed by atoms with Crippen LogP contribution in [0.1, 0.15) is 48.4 Å². The number of hydrogen-bond acceptors (Lipinski definition) is 4. The summed E-state index contributed by atoms with van der Waals surface area (Å²) in [5, 5.41) is 0.586. The SMILES string of the molecule is CC(=O)N1CCCN(Cc2ccccc2)CCN(C(=O)COc2cccc3c2CCCC3)Cc2cc(Cl)ccc21. The number of rotatable bonds is 5. The molecule has 0 radical (unpaired) electrons. The largest absolute Gasteiger partial charge is 0.483 e. The second-order valence-electron chi connectivity index (χ2n) is 10.8. The minimum Gasteiger partial charge on any atom is -0.483 e. The smallest absolute Gasteiger partial charge is 0.260 e. The number of hydrogen-bond donors (Lipinski definition) is 0. The van der Waals surface area contributed by atoms with Crippen molar-refractivity contribution in [2.45, 2.75) is 52.1 Å². The van der Waals surface area contributed by atoms with Gasteiger partial charge in [0.25, 0.3) is 5.91 Å². The molecule has 0 fully saturated rings. The predicted molar refractivity (Wildman–Crippen MR) is 160 cm³/mol. The van der Waals surface area contributed by atoms with Crippen LogP contribution < -0.4 is 9.64 Å². The molecule has 0 bridgehead atoms. The van der Waals surface area contributed by atoms with Crippen LogP contribution in [0.5, 0.6) is 5.75 Å². The van der Waals surface area contributed by atoms with Crippen LogP contribution >= 0.6 is 11.6 Å². The minimum absolute atomic E-state index is 0.0208. The molecule has 0 N–H and O–H groups in total. The number of fused-ring (bicyclic) bond motifs is 2. The summed E-state index contributed by atoms with van der Waals surface area (Å²) in [6.45, 7) is 5.40. The van der Waals surface area contributed by atoms with Gasteiger partial charge >= 0.3 is 0 Å². The van der Waals surface area contributed by atoms with Crippen LogP contribution in [-0.4, -0.2) is 54.4 Å². The first-order chi connectivity index (χ1) is 19.5. The van der Waals surface area contributed by atoms with Gasteiger partial charge in [0.2, 0.25) is 5.91 Å². The lowest BCUT2D eigenvalue weighted by molar-refractivity contribution is -0.134. The molecule has 40 heavy (non-hydrogen) atoms. The third-order valence-corrected chi connectivity index (χ3v) is 8.16.